The van der Waals surface area contributed by atoms with Crippen molar-refractivity contribution in [1.82, 2.24) is 0 Å². The molecule has 0 amide bonds. The highest BCUT2D eigenvalue weighted by Gasteiger charge is 2.31. The molecule has 0 aromatic heterocycles. The smallest absolute Gasteiger partial charge is 0.406 e. The van der Waals surface area contributed by atoms with Gasteiger partial charge in [0.15, 0.2) is 0 Å². The van der Waals surface area contributed by atoms with Crippen molar-refractivity contribution in [1.29, 1.82) is 0 Å². The Morgan fingerprint density at radius 3 is 1.94 bits per heavy atom. The maximum Gasteiger partial charge on any atom is 0.573 e. The van der Waals surface area contributed by atoms with E-state index in [-0.39, 0.29) is 12.2 Å². The third kappa shape index (κ3) is 6.21. The molecule has 18 heavy (non-hydrogen) atoms. The number of anilines is 1. The first-order chi connectivity index (χ1) is 8.16. The number of alkyl halides is 6. The van der Waals surface area contributed by atoms with Crippen molar-refractivity contribution in [3.63, 3.8) is 0 Å². The SMILES string of the molecule is FC(F)(F)CCNc1ccc(OC(F)(F)F)cc1. The number of ether oxygens (including phenoxy) is 1. The Labute approximate surface area is 98.5 Å². The zero-order chi connectivity index (χ0) is 13.8. The van der Waals surface area contributed by atoms with Crippen LogP contribution in [0.5, 0.6) is 5.75 Å². The van der Waals surface area contributed by atoms with Crippen molar-refractivity contribution in [2.24, 2.45) is 0 Å². The second-order valence-electron chi connectivity index (χ2n) is 3.36. The van der Waals surface area contributed by atoms with Gasteiger partial charge in [0.05, 0.1) is 6.42 Å². The zero-order valence-corrected chi connectivity index (χ0v) is 8.90. The van der Waals surface area contributed by atoms with Gasteiger partial charge in [-0.25, -0.2) is 0 Å². The van der Waals surface area contributed by atoms with Crippen molar-refractivity contribution in [2.75, 3.05) is 11.9 Å². The largest absolute Gasteiger partial charge is 0.573 e. The van der Waals surface area contributed by atoms with E-state index >= 15 is 0 Å². The maximum absolute atomic E-state index is 11.8. The molecule has 0 heterocycles. The van der Waals surface area contributed by atoms with Crippen LogP contribution in [0.1, 0.15) is 6.42 Å². The van der Waals surface area contributed by atoms with Crippen molar-refractivity contribution >= 4 is 5.69 Å². The van der Waals surface area contributed by atoms with Crippen LogP contribution in [-0.4, -0.2) is 19.1 Å². The summed E-state index contributed by atoms with van der Waals surface area (Å²) in [5, 5.41) is 2.43. The zero-order valence-electron chi connectivity index (χ0n) is 8.90. The summed E-state index contributed by atoms with van der Waals surface area (Å²) in [6.07, 6.45) is -10.1. The van der Waals surface area contributed by atoms with Gasteiger partial charge in [0.1, 0.15) is 5.75 Å². The molecule has 1 aromatic carbocycles. The van der Waals surface area contributed by atoms with Crippen molar-refractivity contribution in [2.45, 2.75) is 19.0 Å². The van der Waals surface area contributed by atoms with E-state index in [1.807, 2.05) is 0 Å². The Hall–Kier alpha value is -1.60. The van der Waals surface area contributed by atoms with Crippen LogP contribution in [0.15, 0.2) is 24.3 Å². The summed E-state index contributed by atoms with van der Waals surface area (Å²) in [6.45, 7) is -0.344. The molecule has 0 bridgehead atoms. The fourth-order valence-corrected chi connectivity index (χ4v) is 1.12. The van der Waals surface area contributed by atoms with Gasteiger partial charge in [-0.15, -0.1) is 13.2 Å². The average Bonchev–Trinajstić information content (AvgIpc) is 2.16. The van der Waals surface area contributed by atoms with Crippen LogP contribution in [0.3, 0.4) is 0 Å². The molecule has 1 aromatic rings. The first-order valence-electron chi connectivity index (χ1n) is 4.82. The number of benzene rings is 1. The topological polar surface area (TPSA) is 21.3 Å². The number of rotatable bonds is 4. The van der Waals surface area contributed by atoms with Gasteiger partial charge in [0, 0.05) is 12.2 Å². The summed E-state index contributed by atoms with van der Waals surface area (Å²) < 4.78 is 74.5. The molecule has 0 aliphatic rings. The third-order valence-corrected chi connectivity index (χ3v) is 1.83. The first kappa shape index (κ1) is 14.5. The fourth-order valence-electron chi connectivity index (χ4n) is 1.12. The first-order valence-corrected chi connectivity index (χ1v) is 4.82. The minimum absolute atomic E-state index is 0.286. The van der Waals surface area contributed by atoms with Crippen LogP contribution in [0.25, 0.3) is 0 Å². The standard InChI is InChI=1S/C10H9F6NO/c11-9(12,13)5-6-17-7-1-3-8(4-2-7)18-10(14,15)16/h1-4,17H,5-6H2. The van der Waals surface area contributed by atoms with Crippen molar-refractivity contribution in [3.05, 3.63) is 24.3 Å². The van der Waals surface area contributed by atoms with Crippen molar-refractivity contribution < 1.29 is 31.1 Å². The van der Waals surface area contributed by atoms with Crippen LogP contribution < -0.4 is 10.1 Å². The number of hydrogen-bond acceptors (Lipinski definition) is 2. The maximum atomic E-state index is 11.8. The van der Waals surface area contributed by atoms with Gasteiger partial charge < -0.3 is 10.1 Å². The molecule has 0 fully saturated rings. The lowest BCUT2D eigenvalue weighted by Crippen LogP contribution is -2.17. The predicted molar refractivity (Wildman–Crippen MR) is 52.3 cm³/mol. The highest BCUT2D eigenvalue weighted by Crippen LogP contribution is 2.24. The molecule has 0 aliphatic carbocycles. The van der Waals surface area contributed by atoms with Crippen LogP contribution in [0.4, 0.5) is 32.0 Å². The Morgan fingerprint density at radius 1 is 0.944 bits per heavy atom. The molecule has 0 radical (unpaired) electrons. The molecule has 0 spiro atoms. The van der Waals surface area contributed by atoms with Gasteiger partial charge in [-0.3, -0.25) is 0 Å². The van der Waals surface area contributed by atoms with Gasteiger partial charge in [-0.1, -0.05) is 0 Å². The molecule has 8 heteroatoms. The highest BCUT2D eigenvalue weighted by molar-refractivity contribution is 5.46. The Morgan fingerprint density at radius 2 is 1.50 bits per heavy atom. The molecule has 0 saturated heterocycles. The quantitative estimate of drug-likeness (QED) is 0.839. The Bertz CT molecular complexity index is 369. The summed E-state index contributed by atoms with van der Waals surface area (Å²) >= 11 is 0. The minimum atomic E-state index is -4.79. The molecule has 0 saturated carbocycles. The van der Waals surface area contributed by atoms with E-state index in [2.05, 4.69) is 10.1 Å². The van der Waals surface area contributed by atoms with E-state index in [9.17, 15) is 26.3 Å². The van der Waals surface area contributed by atoms with E-state index in [4.69, 9.17) is 0 Å². The lowest BCUT2D eigenvalue weighted by atomic mass is 10.3. The predicted octanol–water partition coefficient (Wildman–Crippen LogP) is 3.95. The monoisotopic (exact) mass is 273 g/mol. The van der Waals surface area contributed by atoms with E-state index in [1.54, 1.807) is 0 Å². The molecular formula is C10H9F6NO. The van der Waals surface area contributed by atoms with Crippen LogP contribution in [-0.2, 0) is 0 Å². The molecule has 0 aliphatic heterocycles. The Balaban J connectivity index is 2.46. The second-order valence-corrected chi connectivity index (χ2v) is 3.36. The number of hydrogen-bond donors (Lipinski definition) is 1. The normalized spacial score (nSPS) is 12.3. The van der Waals surface area contributed by atoms with Gasteiger partial charge in [-0.2, -0.15) is 13.2 Å². The second kappa shape index (κ2) is 5.36. The molecule has 1 N–H and O–H groups in total. The summed E-state index contributed by atoms with van der Waals surface area (Å²) in [4.78, 5) is 0. The molecular weight excluding hydrogens is 264 g/mol. The molecule has 102 valence electrons. The summed E-state index contributed by atoms with van der Waals surface area (Å²) in [6, 6.07) is 4.45. The van der Waals surface area contributed by atoms with Crippen LogP contribution in [0.2, 0.25) is 0 Å². The molecule has 0 atom stereocenters. The molecule has 1 rings (SSSR count). The van der Waals surface area contributed by atoms with Gasteiger partial charge >= 0.3 is 12.5 Å². The number of nitrogens with one attached hydrogen (secondary N) is 1. The van der Waals surface area contributed by atoms with Gasteiger partial charge in [-0.05, 0) is 24.3 Å². The van der Waals surface area contributed by atoms with Crippen LogP contribution in [0, 0.1) is 0 Å². The lowest BCUT2D eigenvalue weighted by Gasteiger charge is -2.11. The van der Waals surface area contributed by atoms with E-state index in [1.165, 1.54) is 12.1 Å². The number of halogens is 6. The lowest BCUT2D eigenvalue weighted by molar-refractivity contribution is -0.274. The summed E-state index contributed by atoms with van der Waals surface area (Å²) in [5.74, 6) is -0.427. The molecule has 2 nitrogen and oxygen atoms in total. The van der Waals surface area contributed by atoms with E-state index in [0.29, 0.717) is 0 Å². The van der Waals surface area contributed by atoms with Crippen molar-refractivity contribution in [3.8, 4) is 5.75 Å². The average molecular weight is 273 g/mol. The van der Waals surface area contributed by atoms with E-state index < -0.39 is 24.7 Å². The Kier molecular flexibility index (Phi) is 4.31. The highest BCUT2D eigenvalue weighted by atomic mass is 19.4. The summed E-state index contributed by atoms with van der Waals surface area (Å²) in [5.41, 5.74) is 0.286. The van der Waals surface area contributed by atoms with E-state index in [0.717, 1.165) is 12.1 Å². The minimum Gasteiger partial charge on any atom is -0.406 e. The summed E-state index contributed by atoms with van der Waals surface area (Å²) in [7, 11) is 0. The van der Waals surface area contributed by atoms with Gasteiger partial charge in [0.2, 0.25) is 0 Å². The molecule has 0 unspecified atom stereocenters. The van der Waals surface area contributed by atoms with Gasteiger partial charge in [0.25, 0.3) is 0 Å². The third-order valence-electron chi connectivity index (χ3n) is 1.83. The van der Waals surface area contributed by atoms with Crippen LogP contribution >= 0.6 is 0 Å². The fraction of sp³-hybridized carbons (Fsp3) is 0.400.